The largest absolute Gasteiger partial charge is 0.495 e. The number of nitrogens with zero attached hydrogens (tertiary/aromatic N) is 4. The lowest BCUT2D eigenvalue weighted by atomic mass is 10.0. The number of methoxy groups -OCH3 is 1. The number of hydrogen-bond donors (Lipinski definition) is 1. The van der Waals surface area contributed by atoms with Crippen LogP contribution >= 0.6 is 12.2 Å². The predicted molar refractivity (Wildman–Crippen MR) is 150 cm³/mol. The molecule has 6 rings (SSSR count). The van der Waals surface area contributed by atoms with E-state index in [2.05, 4.69) is 74.4 Å². The first-order valence-corrected chi connectivity index (χ1v) is 12.9. The first-order chi connectivity index (χ1) is 18.2. The van der Waals surface area contributed by atoms with Gasteiger partial charge in [-0.2, -0.15) is 0 Å². The number of anilines is 2. The van der Waals surface area contributed by atoms with Gasteiger partial charge in [0.25, 0.3) is 0 Å². The summed E-state index contributed by atoms with van der Waals surface area (Å²) < 4.78 is 13.4. The number of para-hydroxylation sites is 2. The maximum atomic E-state index is 5.94. The molecular weight excluding hydrogens is 482 g/mol. The molecule has 7 nitrogen and oxygen atoms in total. The van der Waals surface area contributed by atoms with Crippen molar-refractivity contribution in [2.24, 2.45) is 0 Å². The molecule has 2 aliphatic rings. The third kappa shape index (κ3) is 4.43. The summed E-state index contributed by atoms with van der Waals surface area (Å²) >= 11 is 5.94. The molecule has 0 radical (unpaired) electrons. The van der Waals surface area contributed by atoms with Crippen molar-refractivity contribution in [3.05, 3.63) is 103 Å². The van der Waals surface area contributed by atoms with Gasteiger partial charge in [-0.1, -0.05) is 18.2 Å². The molecule has 2 aromatic carbocycles. The maximum Gasteiger partial charge on any atom is 0.174 e. The van der Waals surface area contributed by atoms with Crippen molar-refractivity contribution in [1.82, 2.24) is 14.9 Å². The van der Waals surface area contributed by atoms with Gasteiger partial charge < -0.3 is 29.2 Å². The molecule has 2 aliphatic heterocycles. The molecule has 4 aromatic rings. The van der Waals surface area contributed by atoms with Crippen molar-refractivity contribution in [3.8, 4) is 11.4 Å². The molecule has 1 N–H and O–H groups in total. The van der Waals surface area contributed by atoms with Crippen LogP contribution in [0.25, 0.3) is 5.69 Å². The molecule has 0 saturated carbocycles. The van der Waals surface area contributed by atoms with Crippen molar-refractivity contribution in [1.29, 1.82) is 0 Å². The summed E-state index contributed by atoms with van der Waals surface area (Å²) in [6, 6.07) is 26.7. The second kappa shape index (κ2) is 10.2. The second-order valence-corrected chi connectivity index (χ2v) is 9.47. The van der Waals surface area contributed by atoms with Crippen LogP contribution in [-0.4, -0.2) is 48.1 Å². The Morgan fingerprint density at radius 2 is 1.68 bits per heavy atom. The van der Waals surface area contributed by atoms with Crippen molar-refractivity contribution in [3.63, 3.8) is 0 Å². The lowest BCUT2D eigenvalue weighted by molar-refractivity contribution is 0.122. The molecular formula is C29H29N5O2S. The zero-order valence-corrected chi connectivity index (χ0v) is 21.5. The topological polar surface area (TPSA) is 54.8 Å². The number of morpholine rings is 1. The number of pyridine rings is 1. The molecule has 2 atom stereocenters. The minimum atomic E-state index is -0.129. The smallest absolute Gasteiger partial charge is 0.174 e. The van der Waals surface area contributed by atoms with Crippen molar-refractivity contribution in [2.75, 3.05) is 43.2 Å². The average molecular weight is 512 g/mol. The fourth-order valence-electron chi connectivity index (χ4n) is 5.26. The average Bonchev–Trinajstić information content (AvgIpc) is 3.58. The fraction of sp³-hybridized carbons (Fsp3) is 0.241. The van der Waals surface area contributed by atoms with Crippen molar-refractivity contribution >= 4 is 28.7 Å². The first-order valence-electron chi connectivity index (χ1n) is 12.5. The molecule has 0 bridgehead atoms. The highest BCUT2D eigenvalue weighted by atomic mass is 32.1. The maximum absolute atomic E-state index is 5.94. The molecule has 2 saturated heterocycles. The van der Waals surface area contributed by atoms with Crippen LogP contribution in [0.15, 0.2) is 91.3 Å². The Balaban J connectivity index is 1.43. The van der Waals surface area contributed by atoms with Crippen LogP contribution in [0.5, 0.6) is 5.75 Å². The van der Waals surface area contributed by atoms with Gasteiger partial charge in [0, 0.05) is 42.6 Å². The van der Waals surface area contributed by atoms with Crippen LogP contribution < -0.4 is 19.9 Å². The number of hydrogen-bond acceptors (Lipinski definition) is 5. The third-order valence-corrected chi connectivity index (χ3v) is 7.34. The highest BCUT2D eigenvalue weighted by Gasteiger charge is 2.42. The van der Waals surface area contributed by atoms with Gasteiger partial charge in [-0.05, 0) is 72.9 Å². The molecule has 0 aliphatic carbocycles. The number of thiocarbonyl (C=S) groups is 1. The Labute approximate surface area is 222 Å². The van der Waals surface area contributed by atoms with Gasteiger partial charge in [-0.3, -0.25) is 4.98 Å². The molecule has 0 amide bonds. The molecule has 37 heavy (non-hydrogen) atoms. The number of aromatic nitrogens is 2. The highest BCUT2D eigenvalue weighted by molar-refractivity contribution is 7.80. The zero-order chi connectivity index (χ0) is 25.2. The summed E-state index contributed by atoms with van der Waals surface area (Å²) in [6.07, 6.45) is 3.90. The molecule has 0 spiro atoms. The molecule has 2 fully saturated rings. The van der Waals surface area contributed by atoms with E-state index in [-0.39, 0.29) is 12.1 Å². The number of nitrogens with one attached hydrogen (secondary N) is 1. The van der Waals surface area contributed by atoms with Crippen LogP contribution in [0.2, 0.25) is 0 Å². The van der Waals surface area contributed by atoms with Gasteiger partial charge in [0.05, 0.1) is 37.7 Å². The Hall–Kier alpha value is -3.88. The lowest BCUT2D eigenvalue weighted by Gasteiger charge is -2.31. The Bertz CT molecular complexity index is 1370. The molecule has 8 heteroatoms. The SMILES string of the molecule is COc1ccccc1-n1cccc1[C@@H]1[C@H](c2ccccn2)NC(=S)N1c1ccc(N2CCOCC2)cc1. The number of ether oxygens (including phenoxy) is 2. The Morgan fingerprint density at radius 1 is 0.919 bits per heavy atom. The van der Waals surface area contributed by atoms with Crippen LogP contribution in [0.4, 0.5) is 11.4 Å². The van der Waals surface area contributed by atoms with Crippen LogP contribution in [0, 0.1) is 0 Å². The van der Waals surface area contributed by atoms with E-state index in [1.165, 1.54) is 5.69 Å². The minimum absolute atomic E-state index is 0.128. The highest BCUT2D eigenvalue weighted by Crippen LogP contribution is 2.43. The predicted octanol–water partition coefficient (Wildman–Crippen LogP) is 4.89. The van der Waals surface area contributed by atoms with E-state index in [1.807, 2.05) is 36.5 Å². The minimum Gasteiger partial charge on any atom is -0.495 e. The Morgan fingerprint density at radius 3 is 2.43 bits per heavy atom. The van der Waals surface area contributed by atoms with Crippen LogP contribution in [0.1, 0.15) is 23.5 Å². The van der Waals surface area contributed by atoms with E-state index in [1.54, 1.807) is 7.11 Å². The summed E-state index contributed by atoms with van der Waals surface area (Å²) in [5.41, 5.74) is 5.23. The van der Waals surface area contributed by atoms with E-state index < -0.39 is 0 Å². The van der Waals surface area contributed by atoms with Crippen molar-refractivity contribution < 1.29 is 9.47 Å². The van der Waals surface area contributed by atoms with Gasteiger partial charge in [0.2, 0.25) is 0 Å². The summed E-state index contributed by atoms with van der Waals surface area (Å²) in [4.78, 5) is 9.26. The summed E-state index contributed by atoms with van der Waals surface area (Å²) in [5, 5.41) is 4.24. The quantitative estimate of drug-likeness (QED) is 0.370. The Kier molecular flexibility index (Phi) is 6.51. The molecule has 0 unspecified atom stereocenters. The number of rotatable bonds is 6. The van der Waals surface area contributed by atoms with Gasteiger partial charge in [-0.15, -0.1) is 0 Å². The molecule has 188 valence electrons. The molecule has 4 heterocycles. The van der Waals surface area contributed by atoms with E-state index in [9.17, 15) is 0 Å². The summed E-state index contributed by atoms with van der Waals surface area (Å²) in [5.74, 6) is 0.810. The lowest BCUT2D eigenvalue weighted by Crippen LogP contribution is -2.36. The monoisotopic (exact) mass is 511 g/mol. The normalized spacial score (nSPS) is 19.6. The van der Waals surface area contributed by atoms with Crippen LogP contribution in [-0.2, 0) is 4.74 Å². The van der Waals surface area contributed by atoms with Crippen LogP contribution in [0.3, 0.4) is 0 Å². The first kappa shape index (κ1) is 23.5. The fourth-order valence-corrected chi connectivity index (χ4v) is 5.61. The second-order valence-electron chi connectivity index (χ2n) is 9.09. The molecule has 2 aromatic heterocycles. The third-order valence-electron chi connectivity index (χ3n) is 7.03. The van der Waals surface area contributed by atoms with E-state index in [4.69, 9.17) is 26.7 Å². The zero-order valence-electron chi connectivity index (χ0n) is 20.7. The van der Waals surface area contributed by atoms with Gasteiger partial charge in [0.1, 0.15) is 11.8 Å². The van der Waals surface area contributed by atoms with E-state index in [0.29, 0.717) is 5.11 Å². The van der Waals surface area contributed by atoms with Crippen molar-refractivity contribution in [2.45, 2.75) is 12.1 Å². The van der Waals surface area contributed by atoms with E-state index >= 15 is 0 Å². The van der Waals surface area contributed by atoms with Gasteiger partial charge >= 0.3 is 0 Å². The summed E-state index contributed by atoms with van der Waals surface area (Å²) in [7, 11) is 1.70. The number of benzene rings is 2. The van der Waals surface area contributed by atoms with Gasteiger partial charge in [-0.25, -0.2) is 0 Å². The van der Waals surface area contributed by atoms with E-state index in [0.717, 1.165) is 54.8 Å². The standard InChI is InChI=1S/C29H29N5O2S/c1-35-26-10-3-2-8-24(26)33-16-6-9-25(33)28-27(23-7-4-5-15-30-23)31-29(37)34(28)22-13-11-21(12-14-22)32-17-19-36-20-18-32/h2-16,27-28H,17-20H2,1H3,(H,31,37)/t27-,28+/m0/s1. The summed E-state index contributed by atoms with van der Waals surface area (Å²) in [6.45, 7) is 3.32. The van der Waals surface area contributed by atoms with Gasteiger partial charge in [0.15, 0.2) is 5.11 Å².